The summed E-state index contributed by atoms with van der Waals surface area (Å²) in [5.41, 5.74) is 0. The zero-order chi connectivity index (χ0) is 9.56. The monoisotopic (exact) mass is 232 g/mol. The molecule has 0 heterocycles. The zero-order valence-electron chi connectivity index (χ0n) is 6.64. The Morgan fingerprint density at radius 1 is 1.58 bits per heavy atom. The fourth-order valence-electron chi connectivity index (χ4n) is 0.627. The van der Waals surface area contributed by atoms with E-state index in [0.29, 0.717) is 6.42 Å². The first-order valence-corrected chi connectivity index (χ1v) is 5.54. The highest BCUT2D eigenvalue weighted by Gasteiger charge is 2.05. The third-order valence-electron chi connectivity index (χ3n) is 1.18. The van der Waals surface area contributed by atoms with Crippen LogP contribution in [-0.2, 0) is 9.09 Å². The fourth-order valence-corrected chi connectivity index (χ4v) is 1.44. The summed E-state index contributed by atoms with van der Waals surface area (Å²) in [6.07, 6.45) is 2.27. The van der Waals surface area contributed by atoms with E-state index in [1.54, 1.807) is 0 Å². The smallest absolute Gasteiger partial charge is 0.365 e. The average molecular weight is 233 g/mol. The molecule has 0 aliphatic heterocycles. The molecule has 3 nitrogen and oxygen atoms in total. The van der Waals surface area contributed by atoms with Crippen LogP contribution in [0.3, 0.4) is 0 Å². The Labute approximate surface area is 82.3 Å². The Balaban J connectivity index is 4.07. The molecule has 0 amide bonds. The van der Waals surface area contributed by atoms with Crippen molar-refractivity contribution in [2.75, 3.05) is 0 Å². The Morgan fingerprint density at radius 2 is 2.17 bits per heavy atom. The van der Waals surface area contributed by atoms with Crippen LogP contribution in [0.5, 0.6) is 0 Å². The highest BCUT2D eigenvalue weighted by Crippen LogP contribution is 2.29. The summed E-state index contributed by atoms with van der Waals surface area (Å²) in [6.45, 7) is 1.99. The zero-order valence-corrected chi connectivity index (χ0v) is 9.15. The highest BCUT2D eigenvalue weighted by atomic mass is 35.5. The predicted molar refractivity (Wildman–Crippen MR) is 50.6 cm³/mol. The Kier molecular flexibility index (Phi) is 6.96. The molecule has 0 bridgehead atoms. The summed E-state index contributed by atoms with van der Waals surface area (Å²) in [4.78, 5) is 8.44. The molecule has 0 aromatic carbocycles. The summed E-state index contributed by atoms with van der Waals surface area (Å²) in [5, 5.41) is 0. The van der Waals surface area contributed by atoms with E-state index >= 15 is 0 Å². The summed E-state index contributed by atoms with van der Waals surface area (Å²) in [5.74, 6) is 0.201. The van der Waals surface area contributed by atoms with Gasteiger partial charge in [0.25, 0.3) is 0 Å². The molecule has 72 valence electrons. The lowest BCUT2D eigenvalue weighted by atomic mass is 10.2. The van der Waals surface area contributed by atoms with Crippen molar-refractivity contribution in [2.45, 2.75) is 26.2 Å². The highest BCUT2D eigenvalue weighted by molar-refractivity contribution is 7.32. The van der Waals surface area contributed by atoms with Crippen LogP contribution in [0.1, 0.15) is 26.2 Å². The fraction of sp³-hybridized carbons (Fsp3) is 0.667. The molecule has 0 aliphatic rings. The Hall–Kier alpha value is 0.310. The van der Waals surface area contributed by atoms with Gasteiger partial charge in [0, 0.05) is 6.42 Å². The first kappa shape index (κ1) is 12.3. The van der Waals surface area contributed by atoms with Crippen molar-refractivity contribution in [3.63, 3.8) is 0 Å². The lowest BCUT2D eigenvalue weighted by Gasteiger charge is -2.05. The van der Waals surface area contributed by atoms with Crippen LogP contribution < -0.4 is 0 Å². The molecule has 0 aromatic rings. The van der Waals surface area contributed by atoms with E-state index < -0.39 is 8.25 Å². The molecule has 1 unspecified atom stereocenters. The molecule has 0 rings (SSSR count). The second-order valence-electron chi connectivity index (χ2n) is 2.16. The van der Waals surface area contributed by atoms with E-state index in [0.717, 1.165) is 12.8 Å². The second kappa shape index (κ2) is 6.79. The van der Waals surface area contributed by atoms with E-state index in [1.807, 2.05) is 6.92 Å². The van der Waals surface area contributed by atoms with E-state index in [-0.39, 0.29) is 10.3 Å². The van der Waals surface area contributed by atoms with Gasteiger partial charge in [0.2, 0.25) is 0 Å². The van der Waals surface area contributed by atoms with Crippen LogP contribution in [-0.4, -0.2) is 4.89 Å². The number of unbranched alkanes of at least 4 members (excludes halogenated alkanes) is 1. The minimum atomic E-state index is -2.98. The third kappa shape index (κ3) is 5.90. The SMILES string of the molecule is CCCCC(O[PH](=O)O)=C(Cl)Cl. The van der Waals surface area contributed by atoms with Crippen LogP contribution in [0.25, 0.3) is 0 Å². The van der Waals surface area contributed by atoms with Crippen molar-refractivity contribution in [1.29, 1.82) is 0 Å². The van der Waals surface area contributed by atoms with Crippen LogP contribution in [0.15, 0.2) is 10.3 Å². The number of hydrogen-bond donors (Lipinski definition) is 1. The van der Waals surface area contributed by atoms with Crippen molar-refractivity contribution >= 4 is 31.5 Å². The second-order valence-corrected chi connectivity index (χ2v) is 3.84. The van der Waals surface area contributed by atoms with Crippen molar-refractivity contribution in [2.24, 2.45) is 0 Å². The van der Waals surface area contributed by atoms with Crippen molar-refractivity contribution < 1.29 is 14.0 Å². The van der Waals surface area contributed by atoms with Gasteiger partial charge in [-0.1, -0.05) is 36.5 Å². The van der Waals surface area contributed by atoms with Gasteiger partial charge < -0.3 is 9.42 Å². The number of halogens is 2. The van der Waals surface area contributed by atoms with Gasteiger partial charge in [0.1, 0.15) is 10.3 Å². The maximum Gasteiger partial charge on any atom is 0.365 e. The molecule has 0 spiro atoms. The maximum absolute atomic E-state index is 10.3. The first-order chi connectivity index (χ1) is 5.57. The number of hydrogen-bond acceptors (Lipinski definition) is 2. The maximum atomic E-state index is 10.3. The lowest BCUT2D eigenvalue weighted by Crippen LogP contribution is -1.86. The molecule has 0 radical (unpaired) electrons. The molecule has 0 aromatic heterocycles. The van der Waals surface area contributed by atoms with E-state index in [2.05, 4.69) is 4.52 Å². The molecule has 12 heavy (non-hydrogen) atoms. The van der Waals surface area contributed by atoms with Crippen LogP contribution in [0.4, 0.5) is 0 Å². The summed E-state index contributed by atoms with van der Waals surface area (Å²) < 4.78 is 14.7. The standard InChI is InChI=1S/C6H11Cl2O3P/c1-2-3-4-5(6(7)8)11-12(9)10/h12H,2-4H2,1H3,(H,9,10). The van der Waals surface area contributed by atoms with E-state index in [4.69, 9.17) is 28.1 Å². The van der Waals surface area contributed by atoms with Crippen LogP contribution in [0.2, 0.25) is 0 Å². The Morgan fingerprint density at radius 3 is 2.50 bits per heavy atom. The molecule has 0 aliphatic carbocycles. The van der Waals surface area contributed by atoms with Gasteiger partial charge in [-0.25, -0.2) is 4.57 Å². The minimum Gasteiger partial charge on any atom is -0.428 e. The van der Waals surface area contributed by atoms with Crippen molar-refractivity contribution in [3.8, 4) is 0 Å². The van der Waals surface area contributed by atoms with E-state index in [9.17, 15) is 4.57 Å². The molecule has 1 atom stereocenters. The molecule has 1 N–H and O–H groups in total. The van der Waals surface area contributed by atoms with E-state index in [1.165, 1.54) is 0 Å². The molecular weight excluding hydrogens is 222 g/mol. The number of allylic oxidation sites excluding steroid dienone is 1. The molecule has 6 heteroatoms. The van der Waals surface area contributed by atoms with Gasteiger partial charge in [-0.2, -0.15) is 0 Å². The van der Waals surface area contributed by atoms with Gasteiger partial charge in [-0.15, -0.1) is 0 Å². The van der Waals surface area contributed by atoms with Gasteiger partial charge in [0.05, 0.1) is 0 Å². The average Bonchev–Trinajstić information content (AvgIpc) is 1.96. The summed E-state index contributed by atoms with van der Waals surface area (Å²) >= 11 is 10.8. The van der Waals surface area contributed by atoms with Crippen molar-refractivity contribution in [1.82, 2.24) is 0 Å². The molecule has 0 saturated carbocycles. The quantitative estimate of drug-likeness (QED) is 0.585. The van der Waals surface area contributed by atoms with Gasteiger partial charge in [-0.3, -0.25) is 0 Å². The normalized spacial score (nSPS) is 12.3. The molecule has 0 saturated heterocycles. The molecular formula is C6H11Cl2O3P. The molecule has 0 fully saturated rings. The van der Waals surface area contributed by atoms with Crippen LogP contribution in [0, 0.1) is 0 Å². The first-order valence-electron chi connectivity index (χ1n) is 3.52. The lowest BCUT2D eigenvalue weighted by molar-refractivity contribution is 0.338. The minimum absolute atomic E-state index is 0.0733. The van der Waals surface area contributed by atoms with Crippen LogP contribution >= 0.6 is 31.5 Å². The topological polar surface area (TPSA) is 46.5 Å². The summed E-state index contributed by atoms with van der Waals surface area (Å²) in [6, 6.07) is 0. The predicted octanol–water partition coefficient (Wildman–Crippen LogP) is 3.22. The third-order valence-corrected chi connectivity index (χ3v) is 2.02. The summed E-state index contributed by atoms with van der Waals surface area (Å²) in [7, 11) is -2.98. The van der Waals surface area contributed by atoms with Gasteiger partial charge >= 0.3 is 8.25 Å². The van der Waals surface area contributed by atoms with Crippen molar-refractivity contribution in [3.05, 3.63) is 10.3 Å². The van der Waals surface area contributed by atoms with Gasteiger partial charge in [0.15, 0.2) is 0 Å². The number of rotatable bonds is 5. The van der Waals surface area contributed by atoms with Gasteiger partial charge in [-0.05, 0) is 6.42 Å². The largest absolute Gasteiger partial charge is 0.428 e. The Bertz CT molecular complexity index is 189.